The maximum absolute atomic E-state index is 12.6. The van der Waals surface area contributed by atoms with Crippen molar-refractivity contribution < 1.29 is 9.53 Å². The van der Waals surface area contributed by atoms with E-state index in [1.54, 1.807) is 18.4 Å². The van der Waals surface area contributed by atoms with Crippen LogP contribution in [0, 0.1) is 0 Å². The average Bonchev–Trinajstić information content (AvgIpc) is 3.09. The van der Waals surface area contributed by atoms with Crippen LogP contribution in [-0.2, 0) is 0 Å². The number of thiophene rings is 1. The zero-order valence-corrected chi connectivity index (χ0v) is 12.7. The van der Waals surface area contributed by atoms with E-state index in [9.17, 15) is 4.79 Å². The lowest BCUT2D eigenvalue weighted by molar-refractivity contribution is 0.0635. The van der Waals surface area contributed by atoms with Crippen molar-refractivity contribution in [2.24, 2.45) is 0 Å². The van der Waals surface area contributed by atoms with E-state index in [1.165, 1.54) is 0 Å². The second-order valence-corrected chi connectivity index (χ2v) is 5.78. The molecule has 0 spiro atoms. The smallest absolute Gasteiger partial charge is 0.255 e. The van der Waals surface area contributed by atoms with Gasteiger partial charge in [0.1, 0.15) is 5.75 Å². The summed E-state index contributed by atoms with van der Waals surface area (Å²) in [4.78, 5) is 14.6. The molecule has 110 valence electrons. The monoisotopic (exact) mass is 302 g/mol. The maximum Gasteiger partial charge on any atom is 0.255 e. The van der Waals surface area contributed by atoms with Gasteiger partial charge in [0.25, 0.3) is 5.91 Å². The Bertz CT molecular complexity index is 595. The first kappa shape index (κ1) is 14.1. The minimum atomic E-state index is 0.0667. The van der Waals surface area contributed by atoms with Crippen molar-refractivity contribution >= 4 is 17.2 Å². The molecule has 1 aromatic heterocycles. The zero-order chi connectivity index (χ0) is 14.7. The molecule has 1 fully saturated rings. The Labute approximate surface area is 128 Å². The first-order chi connectivity index (χ1) is 10.3. The summed E-state index contributed by atoms with van der Waals surface area (Å²) in [5.74, 6) is 0.941. The lowest BCUT2D eigenvalue weighted by atomic mass is 10.0. The van der Waals surface area contributed by atoms with Crippen molar-refractivity contribution in [3.8, 4) is 5.75 Å². The molecule has 1 aliphatic rings. The van der Waals surface area contributed by atoms with E-state index in [-0.39, 0.29) is 11.9 Å². The molecule has 0 saturated carbocycles. The minimum Gasteiger partial charge on any atom is -0.497 e. The summed E-state index contributed by atoms with van der Waals surface area (Å²) in [6, 6.07) is 9.90. The van der Waals surface area contributed by atoms with Crippen LogP contribution >= 0.6 is 11.3 Å². The highest BCUT2D eigenvalue weighted by atomic mass is 32.1. The zero-order valence-electron chi connectivity index (χ0n) is 11.9. The third kappa shape index (κ3) is 2.94. The van der Waals surface area contributed by atoms with Crippen LogP contribution in [0.15, 0.2) is 41.1 Å². The highest BCUT2D eigenvalue weighted by molar-refractivity contribution is 7.08. The molecule has 21 heavy (non-hydrogen) atoms. The molecule has 1 atom stereocenters. The summed E-state index contributed by atoms with van der Waals surface area (Å²) in [6.45, 7) is 2.34. The number of hydrogen-bond donors (Lipinski definition) is 1. The Kier molecular flexibility index (Phi) is 4.22. The number of rotatable bonds is 3. The SMILES string of the molecule is COc1ccc(C2CNCCN2C(=O)c2ccsc2)cc1. The molecule has 1 saturated heterocycles. The van der Waals surface area contributed by atoms with Crippen LogP contribution in [0.2, 0.25) is 0 Å². The average molecular weight is 302 g/mol. The van der Waals surface area contributed by atoms with E-state index < -0.39 is 0 Å². The quantitative estimate of drug-likeness (QED) is 0.947. The van der Waals surface area contributed by atoms with Crippen LogP contribution in [0.4, 0.5) is 0 Å². The standard InChI is InChI=1S/C16H18N2O2S/c1-20-14-4-2-12(3-5-14)15-10-17-7-8-18(15)16(19)13-6-9-21-11-13/h2-6,9,11,15,17H,7-8,10H2,1H3. The summed E-state index contributed by atoms with van der Waals surface area (Å²) in [7, 11) is 1.66. The van der Waals surface area contributed by atoms with Gasteiger partial charge in [0.2, 0.25) is 0 Å². The first-order valence-electron chi connectivity index (χ1n) is 6.97. The summed E-state index contributed by atoms with van der Waals surface area (Å²) in [5, 5.41) is 7.22. The highest BCUT2D eigenvalue weighted by Gasteiger charge is 2.28. The number of benzene rings is 1. The number of methoxy groups -OCH3 is 1. The Morgan fingerprint density at radius 2 is 2.14 bits per heavy atom. The molecular formula is C16H18N2O2S. The van der Waals surface area contributed by atoms with Gasteiger partial charge < -0.3 is 15.0 Å². The second-order valence-electron chi connectivity index (χ2n) is 5.00. The Balaban J connectivity index is 1.85. The number of carbonyl (C=O) groups excluding carboxylic acids is 1. The topological polar surface area (TPSA) is 41.6 Å². The number of nitrogens with zero attached hydrogens (tertiary/aromatic N) is 1. The fraction of sp³-hybridized carbons (Fsp3) is 0.312. The molecule has 1 aliphatic heterocycles. The molecule has 0 radical (unpaired) electrons. The van der Waals surface area contributed by atoms with Crippen LogP contribution in [0.25, 0.3) is 0 Å². The van der Waals surface area contributed by atoms with Crippen molar-refractivity contribution in [1.82, 2.24) is 10.2 Å². The molecule has 1 N–H and O–H groups in total. The van der Waals surface area contributed by atoms with Crippen molar-refractivity contribution in [2.75, 3.05) is 26.7 Å². The maximum atomic E-state index is 12.6. The third-order valence-electron chi connectivity index (χ3n) is 3.77. The molecule has 2 aromatic rings. The van der Waals surface area contributed by atoms with Gasteiger partial charge in [-0.25, -0.2) is 0 Å². The number of nitrogens with one attached hydrogen (secondary N) is 1. The lowest BCUT2D eigenvalue weighted by Gasteiger charge is -2.36. The number of piperazine rings is 1. The molecule has 5 heteroatoms. The molecule has 0 aliphatic carbocycles. The molecule has 1 unspecified atom stereocenters. The van der Waals surface area contributed by atoms with Crippen molar-refractivity contribution in [2.45, 2.75) is 6.04 Å². The molecule has 0 bridgehead atoms. The van der Waals surface area contributed by atoms with Crippen molar-refractivity contribution in [1.29, 1.82) is 0 Å². The summed E-state index contributed by atoms with van der Waals surface area (Å²) >= 11 is 1.55. The van der Waals surface area contributed by atoms with E-state index >= 15 is 0 Å². The predicted molar refractivity (Wildman–Crippen MR) is 84.0 cm³/mol. The number of hydrogen-bond acceptors (Lipinski definition) is 4. The van der Waals surface area contributed by atoms with Gasteiger partial charge in [0, 0.05) is 25.0 Å². The van der Waals surface area contributed by atoms with Gasteiger partial charge in [0.05, 0.1) is 18.7 Å². The van der Waals surface area contributed by atoms with E-state index in [0.717, 1.165) is 36.5 Å². The number of ether oxygens (including phenoxy) is 1. The van der Waals surface area contributed by atoms with E-state index in [4.69, 9.17) is 4.74 Å². The van der Waals surface area contributed by atoms with E-state index in [0.29, 0.717) is 0 Å². The predicted octanol–water partition coefficient (Wildman–Crippen LogP) is 2.54. The molecule has 3 rings (SSSR count). The Morgan fingerprint density at radius 3 is 2.81 bits per heavy atom. The lowest BCUT2D eigenvalue weighted by Crippen LogP contribution is -2.48. The van der Waals surface area contributed by atoms with Crippen LogP contribution in [0.1, 0.15) is 22.0 Å². The number of amides is 1. The molecule has 1 aromatic carbocycles. The van der Waals surface area contributed by atoms with E-state index in [2.05, 4.69) is 5.32 Å². The first-order valence-corrected chi connectivity index (χ1v) is 7.91. The van der Waals surface area contributed by atoms with Crippen LogP contribution < -0.4 is 10.1 Å². The Morgan fingerprint density at radius 1 is 1.33 bits per heavy atom. The summed E-state index contributed by atoms with van der Waals surface area (Å²) in [5.41, 5.74) is 1.91. The second kappa shape index (κ2) is 6.28. The normalized spacial score (nSPS) is 18.5. The van der Waals surface area contributed by atoms with Gasteiger partial charge in [0.15, 0.2) is 0 Å². The largest absolute Gasteiger partial charge is 0.497 e. The van der Waals surface area contributed by atoms with Gasteiger partial charge in [-0.3, -0.25) is 4.79 Å². The van der Waals surface area contributed by atoms with Gasteiger partial charge >= 0.3 is 0 Å². The van der Waals surface area contributed by atoms with Crippen LogP contribution in [-0.4, -0.2) is 37.6 Å². The van der Waals surface area contributed by atoms with Gasteiger partial charge in [-0.05, 0) is 29.1 Å². The van der Waals surface area contributed by atoms with E-state index in [1.807, 2.05) is 46.0 Å². The van der Waals surface area contributed by atoms with Gasteiger partial charge in [-0.2, -0.15) is 11.3 Å². The Hall–Kier alpha value is -1.85. The summed E-state index contributed by atoms with van der Waals surface area (Å²) in [6.07, 6.45) is 0. The highest BCUT2D eigenvalue weighted by Crippen LogP contribution is 2.26. The van der Waals surface area contributed by atoms with Crippen molar-refractivity contribution in [3.63, 3.8) is 0 Å². The molecule has 2 heterocycles. The van der Waals surface area contributed by atoms with Crippen LogP contribution in [0.5, 0.6) is 5.75 Å². The van der Waals surface area contributed by atoms with Crippen molar-refractivity contribution in [3.05, 3.63) is 52.2 Å². The fourth-order valence-corrected chi connectivity index (χ4v) is 3.25. The molecule has 1 amide bonds. The summed E-state index contributed by atoms with van der Waals surface area (Å²) < 4.78 is 5.19. The molecular weight excluding hydrogens is 284 g/mol. The fourth-order valence-electron chi connectivity index (χ4n) is 2.62. The molecule has 4 nitrogen and oxygen atoms in total. The van der Waals surface area contributed by atoms with Crippen LogP contribution in [0.3, 0.4) is 0 Å². The van der Waals surface area contributed by atoms with Gasteiger partial charge in [-0.15, -0.1) is 0 Å². The minimum absolute atomic E-state index is 0.0667. The van der Waals surface area contributed by atoms with Gasteiger partial charge in [-0.1, -0.05) is 12.1 Å². The number of carbonyl (C=O) groups is 1. The third-order valence-corrected chi connectivity index (χ3v) is 4.46.